The van der Waals surface area contributed by atoms with Crippen molar-refractivity contribution in [1.82, 2.24) is 14.9 Å². The van der Waals surface area contributed by atoms with E-state index < -0.39 is 0 Å². The minimum atomic E-state index is -0.218. The van der Waals surface area contributed by atoms with Gasteiger partial charge in [-0.05, 0) is 19.1 Å². The van der Waals surface area contributed by atoms with Crippen LogP contribution in [0.5, 0.6) is 0 Å². The van der Waals surface area contributed by atoms with E-state index in [0.29, 0.717) is 11.0 Å². The summed E-state index contributed by atoms with van der Waals surface area (Å²) in [6, 6.07) is 3.52. The number of fused-ring (bicyclic) bond motifs is 1. The van der Waals surface area contributed by atoms with Crippen molar-refractivity contribution in [1.29, 1.82) is 0 Å². The molecule has 0 aromatic carbocycles. The summed E-state index contributed by atoms with van der Waals surface area (Å²) < 4.78 is 0. The molecule has 0 saturated carbocycles. The summed E-state index contributed by atoms with van der Waals surface area (Å²) in [4.78, 5) is 21.4. The zero-order valence-corrected chi connectivity index (χ0v) is 7.37. The van der Waals surface area contributed by atoms with Gasteiger partial charge in [0, 0.05) is 5.69 Å². The predicted molar refractivity (Wildman–Crippen MR) is 47.6 cm³/mol. The van der Waals surface area contributed by atoms with E-state index in [1.165, 1.54) is 7.11 Å². The molecule has 0 aliphatic rings. The first kappa shape index (κ1) is 7.85. The summed E-state index contributed by atoms with van der Waals surface area (Å²) >= 11 is 0. The molecule has 2 heterocycles. The number of nitrogens with one attached hydrogen (secondary N) is 1. The molecule has 1 N–H and O–H groups in total. The quantitative estimate of drug-likeness (QED) is 0.675. The van der Waals surface area contributed by atoms with Gasteiger partial charge in [0.2, 0.25) is 0 Å². The number of aromatic nitrogens is 3. The molecule has 2 aromatic heterocycles. The summed E-state index contributed by atoms with van der Waals surface area (Å²) in [5.74, 6) is 0. The lowest BCUT2D eigenvalue weighted by Crippen LogP contribution is -2.21. The fourth-order valence-corrected chi connectivity index (χ4v) is 1.20. The third-order valence-electron chi connectivity index (χ3n) is 1.84. The Bertz CT molecular complexity index is 498. The second-order valence-corrected chi connectivity index (χ2v) is 2.74. The molecule has 0 spiro atoms. The fourth-order valence-electron chi connectivity index (χ4n) is 1.20. The smallest absolute Gasteiger partial charge is 0.311 e. The summed E-state index contributed by atoms with van der Waals surface area (Å²) in [7, 11) is 1.42. The largest absolute Gasteiger partial charge is 0.398 e. The molecule has 0 aliphatic carbocycles. The number of rotatable bonds is 1. The molecule has 0 bridgehead atoms. The molecule has 2 rings (SSSR count). The van der Waals surface area contributed by atoms with Crippen LogP contribution in [0, 0.1) is 6.92 Å². The van der Waals surface area contributed by atoms with Crippen LogP contribution in [0.1, 0.15) is 5.69 Å². The number of aryl methyl sites for hydroxylation is 1. The van der Waals surface area contributed by atoms with Gasteiger partial charge < -0.3 is 4.84 Å². The van der Waals surface area contributed by atoms with Crippen molar-refractivity contribution in [2.45, 2.75) is 6.92 Å². The molecular formula is C8H9N3O2. The maximum absolute atomic E-state index is 11.4. The molecule has 0 unspecified atom stereocenters. The normalized spacial score (nSPS) is 10.6. The Kier molecular flexibility index (Phi) is 1.58. The molecule has 13 heavy (non-hydrogen) atoms. The van der Waals surface area contributed by atoms with Crippen molar-refractivity contribution in [2.75, 3.05) is 7.11 Å². The average molecular weight is 179 g/mol. The summed E-state index contributed by atoms with van der Waals surface area (Å²) in [5, 5.41) is 3.26. The Labute approximate surface area is 73.9 Å². The van der Waals surface area contributed by atoms with Gasteiger partial charge in [-0.1, -0.05) is 4.85 Å². The fraction of sp³-hybridized carbons (Fsp3) is 0.250. The molecule has 2 aromatic rings. The number of hydrogen-bond acceptors (Lipinski definition) is 3. The van der Waals surface area contributed by atoms with Crippen LogP contribution in [0.2, 0.25) is 0 Å². The van der Waals surface area contributed by atoms with E-state index in [9.17, 15) is 4.79 Å². The monoisotopic (exact) mass is 179 g/mol. The molecule has 0 saturated heterocycles. The van der Waals surface area contributed by atoms with Gasteiger partial charge in [0.1, 0.15) is 7.11 Å². The molecule has 0 aliphatic heterocycles. The minimum absolute atomic E-state index is 0.218. The summed E-state index contributed by atoms with van der Waals surface area (Å²) in [6.45, 7) is 1.86. The Morgan fingerprint density at radius 3 is 3.00 bits per heavy atom. The van der Waals surface area contributed by atoms with Crippen LogP contribution in [-0.4, -0.2) is 22.0 Å². The van der Waals surface area contributed by atoms with Gasteiger partial charge in [0.05, 0.1) is 5.39 Å². The van der Waals surface area contributed by atoms with Crippen LogP contribution in [0.3, 0.4) is 0 Å². The molecule has 68 valence electrons. The van der Waals surface area contributed by atoms with Crippen molar-refractivity contribution in [3.63, 3.8) is 0 Å². The number of H-pyrrole nitrogens is 1. The van der Waals surface area contributed by atoms with Gasteiger partial charge >= 0.3 is 5.56 Å². The molecule has 0 fully saturated rings. The molecule has 5 nitrogen and oxygen atoms in total. The van der Waals surface area contributed by atoms with E-state index in [1.54, 1.807) is 12.1 Å². The van der Waals surface area contributed by atoms with Crippen molar-refractivity contribution >= 4 is 11.0 Å². The van der Waals surface area contributed by atoms with Crippen molar-refractivity contribution in [2.24, 2.45) is 0 Å². The topological polar surface area (TPSA) is 59.9 Å². The van der Waals surface area contributed by atoms with E-state index in [1.807, 2.05) is 6.92 Å². The second kappa shape index (κ2) is 2.62. The highest BCUT2D eigenvalue weighted by molar-refractivity contribution is 5.73. The second-order valence-electron chi connectivity index (χ2n) is 2.74. The lowest BCUT2D eigenvalue weighted by molar-refractivity contribution is 0.128. The highest BCUT2D eigenvalue weighted by Gasteiger charge is 2.06. The van der Waals surface area contributed by atoms with E-state index in [0.717, 1.165) is 10.5 Å². The van der Waals surface area contributed by atoms with Gasteiger partial charge in [-0.25, -0.2) is 10.1 Å². The third-order valence-corrected chi connectivity index (χ3v) is 1.84. The summed E-state index contributed by atoms with van der Waals surface area (Å²) in [5.41, 5.74) is 1.19. The van der Waals surface area contributed by atoms with E-state index >= 15 is 0 Å². The standard InChI is InChI=1S/C8H9N3O2/c1-5-3-4-6-7(9-5)10-11(13-2)8(6)12/h3-4H,1-2H3,(H,9,10). The first-order valence-corrected chi connectivity index (χ1v) is 3.85. The van der Waals surface area contributed by atoms with Crippen LogP contribution in [0.15, 0.2) is 16.9 Å². The number of hydrogen-bond donors (Lipinski definition) is 1. The van der Waals surface area contributed by atoms with E-state index in [2.05, 4.69) is 10.1 Å². The van der Waals surface area contributed by atoms with Crippen LogP contribution in [0.4, 0.5) is 0 Å². The molecule has 0 radical (unpaired) electrons. The van der Waals surface area contributed by atoms with Gasteiger partial charge in [0.15, 0.2) is 5.65 Å². The van der Waals surface area contributed by atoms with Crippen LogP contribution < -0.4 is 10.4 Å². The molecule has 0 atom stereocenters. The molecular weight excluding hydrogens is 170 g/mol. The van der Waals surface area contributed by atoms with Gasteiger partial charge in [0.25, 0.3) is 0 Å². The minimum Gasteiger partial charge on any atom is -0.398 e. The number of pyridine rings is 1. The van der Waals surface area contributed by atoms with Gasteiger partial charge in [-0.15, -0.1) is 0 Å². The Balaban J connectivity index is 2.84. The van der Waals surface area contributed by atoms with E-state index in [4.69, 9.17) is 4.84 Å². The van der Waals surface area contributed by atoms with Crippen molar-refractivity contribution < 1.29 is 4.84 Å². The van der Waals surface area contributed by atoms with E-state index in [-0.39, 0.29) is 5.56 Å². The first-order chi connectivity index (χ1) is 6.22. The van der Waals surface area contributed by atoms with Crippen LogP contribution in [0.25, 0.3) is 11.0 Å². The Morgan fingerprint density at radius 2 is 2.31 bits per heavy atom. The SMILES string of the molecule is COn1[nH]c2nc(C)ccc2c1=O. The third kappa shape index (κ3) is 1.09. The van der Waals surface area contributed by atoms with Crippen molar-refractivity contribution in [3.8, 4) is 0 Å². The highest BCUT2D eigenvalue weighted by atomic mass is 16.7. The average Bonchev–Trinajstić information content (AvgIpc) is 2.42. The number of nitrogens with zero attached hydrogens (tertiary/aromatic N) is 2. The molecule has 0 amide bonds. The lowest BCUT2D eigenvalue weighted by atomic mass is 10.3. The number of aromatic amines is 1. The Morgan fingerprint density at radius 1 is 1.54 bits per heavy atom. The lowest BCUT2D eigenvalue weighted by Gasteiger charge is -1.93. The Hall–Kier alpha value is -1.78. The van der Waals surface area contributed by atoms with Crippen LogP contribution in [-0.2, 0) is 0 Å². The zero-order chi connectivity index (χ0) is 9.42. The maximum atomic E-state index is 11.4. The first-order valence-electron chi connectivity index (χ1n) is 3.85. The predicted octanol–water partition coefficient (Wildman–Crippen LogP) is 0.0914. The molecule has 5 heteroatoms. The van der Waals surface area contributed by atoms with Gasteiger partial charge in [-0.2, -0.15) is 0 Å². The van der Waals surface area contributed by atoms with Gasteiger partial charge in [-0.3, -0.25) is 4.79 Å². The maximum Gasteiger partial charge on any atom is 0.311 e. The zero-order valence-electron chi connectivity index (χ0n) is 7.37. The summed E-state index contributed by atoms with van der Waals surface area (Å²) in [6.07, 6.45) is 0. The highest BCUT2D eigenvalue weighted by Crippen LogP contribution is 2.04. The van der Waals surface area contributed by atoms with Crippen LogP contribution >= 0.6 is 0 Å². The van der Waals surface area contributed by atoms with Crippen molar-refractivity contribution in [3.05, 3.63) is 28.2 Å².